The van der Waals surface area contributed by atoms with Gasteiger partial charge in [-0.15, -0.1) is 0 Å². The third kappa shape index (κ3) is 5.69. The number of carbonyl (C=O) groups excluding carboxylic acids is 1. The summed E-state index contributed by atoms with van der Waals surface area (Å²) in [6.45, 7) is 8.03. The van der Waals surface area contributed by atoms with Crippen LogP contribution in [-0.2, 0) is 11.3 Å². The second kappa shape index (κ2) is 10.8. The molecule has 0 radical (unpaired) electrons. The molecule has 0 aliphatic carbocycles. The van der Waals surface area contributed by atoms with Crippen molar-refractivity contribution < 1.29 is 13.9 Å². The summed E-state index contributed by atoms with van der Waals surface area (Å²) >= 11 is 0. The monoisotopic (exact) mass is 476 g/mol. The number of carbonyl (C=O) groups is 1. The van der Waals surface area contributed by atoms with Gasteiger partial charge in [0.2, 0.25) is 0 Å². The normalized spacial score (nSPS) is 17.2. The first-order valence-corrected chi connectivity index (χ1v) is 12.5. The lowest BCUT2D eigenvalue weighted by Crippen LogP contribution is -2.35. The number of benzene rings is 2. The van der Waals surface area contributed by atoms with Crippen LogP contribution in [0.25, 0.3) is 22.2 Å². The fraction of sp³-hybridized carbons (Fsp3) is 0.429. The van der Waals surface area contributed by atoms with Gasteiger partial charge in [-0.25, -0.2) is 9.37 Å². The summed E-state index contributed by atoms with van der Waals surface area (Å²) < 4.78 is 19.6. The number of fused-ring (bicyclic) bond motifs is 1. The van der Waals surface area contributed by atoms with Crippen molar-refractivity contribution in [1.82, 2.24) is 19.7 Å². The van der Waals surface area contributed by atoms with Crippen molar-refractivity contribution >= 4 is 16.8 Å². The minimum absolute atomic E-state index is 0.104. The molecule has 0 atom stereocenters. The molecular weight excluding hydrogens is 443 g/mol. The highest BCUT2D eigenvalue weighted by Gasteiger charge is 2.20. The lowest BCUT2D eigenvalue weighted by atomic mass is 10.0. The van der Waals surface area contributed by atoms with E-state index in [-0.39, 0.29) is 11.7 Å². The van der Waals surface area contributed by atoms with Crippen LogP contribution in [-0.4, -0.2) is 85.1 Å². The average molecular weight is 477 g/mol. The van der Waals surface area contributed by atoms with E-state index < -0.39 is 0 Å². The van der Waals surface area contributed by atoms with Gasteiger partial charge in [-0.2, -0.15) is 0 Å². The average Bonchev–Trinajstić information content (AvgIpc) is 3.41. The fourth-order valence-electron chi connectivity index (χ4n) is 4.93. The number of rotatable bonds is 7. The van der Waals surface area contributed by atoms with Crippen LogP contribution in [0.15, 0.2) is 48.5 Å². The zero-order chi connectivity index (χ0) is 24.2. The summed E-state index contributed by atoms with van der Waals surface area (Å²) in [7, 11) is 1.82. The number of ether oxygens (including phenoxy) is 1. The number of hydrogen-bond donors (Lipinski definition) is 0. The Morgan fingerprint density at radius 1 is 1.00 bits per heavy atom. The summed E-state index contributed by atoms with van der Waals surface area (Å²) in [4.78, 5) is 24.8. The van der Waals surface area contributed by atoms with Crippen LogP contribution < -0.4 is 0 Å². The summed E-state index contributed by atoms with van der Waals surface area (Å²) in [5, 5.41) is 0.552. The zero-order valence-corrected chi connectivity index (χ0v) is 20.4. The zero-order valence-electron chi connectivity index (χ0n) is 20.4. The maximum atomic E-state index is 14.1. The predicted molar refractivity (Wildman–Crippen MR) is 136 cm³/mol. The van der Waals surface area contributed by atoms with Crippen LogP contribution >= 0.6 is 0 Å². The van der Waals surface area contributed by atoms with E-state index in [0.29, 0.717) is 23.0 Å². The molecule has 0 bridgehead atoms. The molecule has 0 unspecified atom stereocenters. The molecule has 3 aromatic rings. The second-order valence-corrected chi connectivity index (χ2v) is 9.58. The van der Waals surface area contributed by atoms with Crippen LogP contribution in [0.1, 0.15) is 28.8 Å². The molecule has 0 saturated carbocycles. The smallest absolute Gasteiger partial charge is 0.254 e. The van der Waals surface area contributed by atoms with Gasteiger partial charge in [0.1, 0.15) is 5.82 Å². The quantitative estimate of drug-likeness (QED) is 0.515. The summed E-state index contributed by atoms with van der Waals surface area (Å²) in [6.07, 6.45) is 2.45. The first-order valence-electron chi connectivity index (χ1n) is 12.5. The minimum atomic E-state index is -0.367. The predicted octanol–water partition coefficient (Wildman–Crippen LogP) is 4.04. The van der Waals surface area contributed by atoms with Crippen molar-refractivity contribution in [3.8, 4) is 11.3 Å². The van der Waals surface area contributed by atoms with Crippen molar-refractivity contribution in [3.05, 3.63) is 65.5 Å². The van der Waals surface area contributed by atoms with Gasteiger partial charge in [0.15, 0.2) is 0 Å². The van der Waals surface area contributed by atoms with E-state index in [0.717, 1.165) is 63.7 Å². The molecule has 1 aromatic heterocycles. The molecule has 2 aliphatic heterocycles. The van der Waals surface area contributed by atoms with E-state index in [1.54, 1.807) is 11.0 Å². The molecule has 35 heavy (non-hydrogen) atoms. The number of pyridine rings is 1. The fourth-order valence-corrected chi connectivity index (χ4v) is 4.93. The van der Waals surface area contributed by atoms with E-state index in [2.05, 4.69) is 34.1 Å². The third-order valence-corrected chi connectivity index (χ3v) is 7.06. The number of likely N-dealkylation sites (tertiary alicyclic amines) is 1. The summed E-state index contributed by atoms with van der Waals surface area (Å²) in [5.74, 6) is -0.472. The first kappa shape index (κ1) is 23.9. The number of likely N-dealkylation sites (N-methyl/N-ethyl adjacent to an activating group) is 1. The molecule has 0 N–H and O–H groups in total. The molecule has 2 saturated heterocycles. The van der Waals surface area contributed by atoms with E-state index in [9.17, 15) is 9.18 Å². The van der Waals surface area contributed by atoms with E-state index >= 15 is 0 Å². The lowest BCUT2D eigenvalue weighted by Gasteiger charge is -2.26. The molecular formula is C28H33FN4O2. The Kier molecular flexibility index (Phi) is 7.37. The lowest BCUT2D eigenvalue weighted by molar-refractivity contribution is 0.0342. The van der Waals surface area contributed by atoms with Gasteiger partial charge < -0.3 is 14.5 Å². The van der Waals surface area contributed by atoms with Crippen LogP contribution in [0.2, 0.25) is 0 Å². The molecule has 0 spiro atoms. The van der Waals surface area contributed by atoms with Gasteiger partial charge in [-0.05, 0) is 55.8 Å². The Morgan fingerprint density at radius 3 is 2.49 bits per heavy atom. The van der Waals surface area contributed by atoms with Gasteiger partial charge in [0.25, 0.3) is 5.91 Å². The van der Waals surface area contributed by atoms with Crippen LogP contribution in [0.5, 0.6) is 0 Å². The van der Waals surface area contributed by atoms with Crippen molar-refractivity contribution in [2.45, 2.75) is 19.4 Å². The van der Waals surface area contributed by atoms with Gasteiger partial charge in [-0.3, -0.25) is 9.69 Å². The van der Waals surface area contributed by atoms with Crippen molar-refractivity contribution in [1.29, 1.82) is 0 Å². The Labute approximate surface area is 206 Å². The van der Waals surface area contributed by atoms with Crippen molar-refractivity contribution in [2.24, 2.45) is 0 Å². The second-order valence-electron chi connectivity index (χ2n) is 9.58. The molecule has 5 rings (SSSR count). The molecule has 7 heteroatoms. The third-order valence-electron chi connectivity index (χ3n) is 7.06. The van der Waals surface area contributed by atoms with E-state index in [1.165, 1.54) is 30.5 Å². The Bertz CT molecular complexity index is 1170. The van der Waals surface area contributed by atoms with Crippen molar-refractivity contribution in [3.63, 3.8) is 0 Å². The van der Waals surface area contributed by atoms with Gasteiger partial charge in [0, 0.05) is 50.7 Å². The standard InChI is InChI=1S/C28H33FN4O2/c1-31(12-13-32-10-2-3-11-32)28(34)25-19-27(30-26-9-8-23(29)18-24(25)26)22-6-4-21(5-7-22)20-33-14-16-35-17-15-33/h4-9,18-19H,2-3,10-17,20H2,1H3. The summed E-state index contributed by atoms with van der Waals surface area (Å²) in [6, 6.07) is 14.6. The highest BCUT2D eigenvalue weighted by Crippen LogP contribution is 2.27. The van der Waals surface area contributed by atoms with Gasteiger partial charge in [0.05, 0.1) is 30.0 Å². The molecule has 2 aromatic carbocycles. The number of halogens is 1. The van der Waals surface area contributed by atoms with Gasteiger partial charge >= 0.3 is 0 Å². The van der Waals surface area contributed by atoms with Crippen LogP contribution in [0, 0.1) is 5.82 Å². The topological polar surface area (TPSA) is 48.9 Å². The molecule has 1 amide bonds. The first-order chi connectivity index (χ1) is 17.1. The SMILES string of the molecule is CN(CCN1CCCC1)C(=O)c1cc(-c2ccc(CN3CCOCC3)cc2)nc2ccc(F)cc12. The Balaban J connectivity index is 1.39. The van der Waals surface area contributed by atoms with Gasteiger partial charge in [-0.1, -0.05) is 24.3 Å². The van der Waals surface area contributed by atoms with Crippen molar-refractivity contribution in [2.75, 3.05) is 59.5 Å². The highest BCUT2D eigenvalue weighted by molar-refractivity contribution is 6.07. The number of hydrogen-bond acceptors (Lipinski definition) is 5. The van der Waals surface area contributed by atoms with Crippen LogP contribution in [0.3, 0.4) is 0 Å². The molecule has 6 nitrogen and oxygen atoms in total. The minimum Gasteiger partial charge on any atom is -0.379 e. The molecule has 2 aliphatic rings. The van der Waals surface area contributed by atoms with E-state index in [4.69, 9.17) is 9.72 Å². The number of morpholine rings is 1. The molecule has 2 fully saturated rings. The maximum absolute atomic E-state index is 14.1. The number of nitrogens with zero attached hydrogens (tertiary/aromatic N) is 4. The van der Waals surface area contributed by atoms with E-state index in [1.807, 2.05) is 13.1 Å². The Hall–Kier alpha value is -2.87. The van der Waals surface area contributed by atoms with Crippen LogP contribution in [0.4, 0.5) is 4.39 Å². The summed E-state index contributed by atoms with van der Waals surface area (Å²) in [5.41, 5.74) is 4.01. The Morgan fingerprint density at radius 2 is 1.74 bits per heavy atom. The molecule has 184 valence electrons. The number of amides is 1. The number of aromatic nitrogens is 1. The highest BCUT2D eigenvalue weighted by atomic mass is 19.1. The maximum Gasteiger partial charge on any atom is 0.254 e. The largest absolute Gasteiger partial charge is 0.379 e. The molecule has 3 heterocycles.